The molecular weight excluding hydrogens is 314 g/mol. The van der Waals surface area contributed by atoms with Gasteiger partial charge in [-0.05, 0) is 18.2 Å². The molecule has 10 heteroatoms. The molecule has 0 fully saturated rings. The maximum atomic E-state index is 13.2. The van der Waals surface area contributed by atoms with Crippen LogP contribution in [0.1, 0.15) is 10.4 Å². The first-order chi connectivity index (χ1) is 8.50. The predicted octanol–water partition coefficient (Wildman–Crippen LogP) is 2.05. The number of nitrogens with one attached hydrogen (secondary N) is 1. The third-order valence-corrected chi connectivity index (χ3v) is 3.26. The zero-order valence-electron chi connectivity index (χ0n) is 8.96. The van der Waals surface area contributed by atoms with Crippen LogP contribution in [-0.2, 0) is 9.05 Å². The van der Waals surface area contributed by atoms with Crippen molar-refractivity contribution in [2.75, 3.05) is 6.54 Å². The van der Waals surface area contributed by atoms with Gasteiger partial charge in [-0.1, -0.05) is 0 Å². The van der Waals surface area contributed by atoms with Crippen molar-refractivity contribution >= 4 is 25.6 Å². The van der Waals surface area contributed by atoms with E-state index in [-0.39, 0.29) is 0 Å². The number of halogens is 5. The molecule has 0 bridgehead atoms. The summed E-state index contributed by atoms with van der Waals surface area (Å²) < 4.78 is 70.8. The van der Waals surface area contributed by atoms with Crippen molar-refractivity contribution in [2.45, 2.75) is 11.1 Å². The zero-order chi connectivity index (χ0) is 14.8. The van der Waals surface area contributed by atoms with Crippen molar-refractivity contribution in [3.8, 4) is 0 Å². The monoisotopic (exact) mass is 319 g/mol. The summed E-state index contributed by atoms with van der Waals surface area (Å²) in [4.78, 5) is 10.7. The number of alkyl halides is 3. The Morgan fingerprint density at radius 2 is 1.89 bits per heavy atom. The first-order valence-corrected chi connectivity index (χ1v) is 6.91. The highest BCUT2D eigenvalue weighted by atomic mass is 35.7. The van der Waals surface area contributed by atoms with E-state index < -0.39 is 44.0 Å². The van der Waals surface area contributed by atoms with Gasteiger partial charge in [-0.25, -0.2) is 12.8 Å². The van der Waals surface area contributed by atoms with Crippen LogP contribution >= 0.6 is 10.7 Å². The summed E-state index contributed by atoms with van der Waals surface area (Å²) in [5.41, 5.74) is -0.842. The Morgan fingerprint density at radius 1 is 1.32 bits per heavy atom. The second-order valence-corrected chi connectivity index (χ2v) is 5.94. The minimum atomic E-state index is -4.66. The van der Waals surface area contributed by atoms with Crippen molar-refractivity contribution in [3.05, 3.63) is 29.6 Å². The van der Waals surface area contributed by atoms with Crippen LogP contribution in [0.3, 0.4) is 0 Å². The molecule has 19 heavy (non-hydrogen) atoms. The Hall–Kier alpha value is -1.35. The quantitative estimate of drug-likeness (QED) is 0.685. The smallest absolute Gasteiger partial charge is 0.343 e. The van der Waals surface area contributed by atoms with Crippen LogP contribution < -0.4 is 5.32 Å². The number of carbonyl (C=O) groups excluding carboxylic acids is 1. The summed E-state index contributed by atoms with van der Waals surface area (Å²) in [5, 5.41) is 1.42. The molecule has 0 aliphatic rings. The normalized spacial score (nSPS) is 12.3. The molecule has 0 atom stereocenters. The van der Waals surface area contributed by atoms with Crippen molar-refractivity contribution in [2.24, 2.45) is 0 Å². The fraction of sp³-hybridized carbons (Fsp3) is 0.222. The van der Waals surface area contributed by atoms with Gasteiger partial charge in [-0.3, -0.25) is 4.79 Å². The summed E-state index contributed by atoms with van der Waals surface area (Å²) in [7, 11) is 0.760. The van der Waals surface area contributed by atoms with Gasteiger partial charge in [-0.15, -0.1) is 0 Å². The van der Waals surface area contributed by atoms with E-state index in [4.69, 9.17) is 10.7 Å². The number of amides is 1. The van der Waals surface area contributed by atoms with Gasteiger partial charge in [0.15, 0.2) is 0 Å². The molecule has 0 aliphatic carbocycles. The number of rotatable bonds is 3. The van der Waals surface area contributed by atoms with Crippen molar-refractivity contribution in [1.29, 1.82) is 0 Å². The van der Waals surface area contributed by atoms with E-state index in [1.165, 1.54) is 5.32 Å². The molecule has 1 N–H and O–H groups in total. The van der Waals surface area contributed by atoms with E-state index in [1.54, 1.807) is 0 Å². The summed E-state index contributed by atoms with van der Waals surface area (Å²) in [6.45, 7) is -1.66. The molecule has 1 aromatic rings. The Morgan fingerprint density at radius 3 is 2.37 bits per heavy atom. The summed E-state index contributed by atoms with van der Waals surface area (Å²) >= 11 is 0. The van der Waals surface area contributed by atoms with Gasteiger partial charge < -0.3 is 5.32 Å². The number of hydrogen-bond acceptors (Lipinski definition) is 3. The average Bonchev–Trinajstić information content (AvgIpc) is 2.24. The van der Waals surface area contributed by atoms with Crippen LogP contribution in [0.2, 0.25) is 0 Å². The number of benzene rings is 1. The largest absolute Gasteiger partial charge is 0.405 e. The van der Waals surface area contributed by atoms with Crippen molar-refractivity contribution in [1.82, 2.24) is 5.32 Å². The molecule has 0 unspecified atom stereocenters. The molecule has 0 heterocycles. The maximum Gasteiger partial charge on any atom is 0.405 e. The van der Waals surface area contributed by atoms with E-state index in [0.717, 1.165) is 6.07 Å². The minimum absolute atomic E-state index is 0.559. The molecule has 1 aromatic carbocycles. The molecule has 1 amide bonds. The molecule has 0 aliphatic heterocycles. The summed E-state index contributed by atoms with van der Waals surface area (Å²) in [6.07, 6.45) is -4.66. The second-order valence-electron chi connectivity index (χ2n) is 3.38. The lowest BCUT2D eigenvalue weighted by Crippen LogP contribution is -2.34. The van der Waals surface area contributed by atoms with E-state index in [2.05, 4.69) is 0 Å². The SMILES string of the molecule is O=C(NCC(F)(F)F)c1cc(S(=O)(=O)Cl)ccc1F. The highest BCUT2D eigenvalue weighted by Gasteiger charge is 2.28. The Labute approximate surface area is 109 Å². The lowest BCUT2D eigenvalue weighted by Gasteiger charge is -2.09. The van der Waals surface area contributed by atoms with Gasteiger partial charge in [-0.2, -0.15) is 13.2 Å². The lowest BCUT2D eigenvalue weighted by molar-refractivity contribution is -0.123. The second kappa shape index (κ2) is 5.33. The van der Waals surface area contributed by atoms with E-state index >= 15 is 0 Å². The van der Waals surface area contributed by atoms with Crippen LogP contribution in [0.15, 0.2) is 23.1 Å². The molecule has 0 radical (unpaired) electrons. The molecule has 0 saturated heterocycles. The third-order valence-electron chi connectivity index (χ3n) is 1.91. The molecule has 4 nitrogen and oxygen atoms in total. The summed E-state index contributed by atoms with van der Waals surface area (Å²) in [6, 6.07) is 1.97. The van der Waals surface area contributed by atoms with Crippen LogP contribution in [-0.4, -0.2) is 27.0 Å². The average molecular weight is 320 g/mol. The fourth-order valence-electron chi connectivity index (χ4n) is 1.11. The Bertz CT molecular complexity index is 600. The van der Waals surface area contributed by atoms with Gasteiger partial charge in [0.25, 0.3) is 15.0 Å². The molecular formula is C9H6ClF4NO3S. The van der Waals surface area contributed by atoms with Gasteiger partial charge in [0, 0.05) is 10.7 Å². The van der Waals surface area contributed by atoms with Crippen molar-refractivity contribution < 1.29 is 30.8 Å². The first kappa shape index (κ1) is 15.7. The van der Waals surface area contributed by atoms with Crippen LogP contribution in [0.5, 0.6) is 0 Å². The van der Waals surface area contributed by atoms with Gasteiger partial charge in [0.1, 0.15) is 12.4 Å². The van der Waals surface area contributed by atoms with Crippen molar-refractivity contribution in [3.63, 3.8) is 0 Å². The van der Waals surface area contributed by atoms with Crippen LogP contribution in [0.25, 0.3) is 0 Å². The number of hydrogen-bond donors (Lipinski definition) is 1. The standard InChI is InChI=1S/C9H6ClF4NO3S/c10-19(17,18)5-1-2-7(11)6(3-5)8(16)15-4-9(12,13)14/h1-3H,4H2,(H,15,16). The summed E-state index contributed by atoms with van der Waals surface area (Å²) in [5.74, 6) is -2.55. The Kier molecular flexibility index (Phi) is 4.41. The molecule has 0 aromatic heterocycles. The molecule has 0 saturated carbocycles. The van der Waals surface area contributed by atoms with E-state index in [0.29, 0.717) is 12.1 Å². The molecule has 1 rings (SSSR count). The van der Waals surface area contributed by atoms with E-state index in [9.17, 15) is 30.8 Å². The maximum absolute atomic E-state index is 13.2. The Balaban J connectivity index is 3.03. The fourth-order valence-corrected chi connectivity index (χ4v) is 1.88. The highest BCUT2D eigenvalue weighted by Crippen LogP contribution is 2.19. The predicted molar refractivity (Wildman–Crippen MR) is 57.8 cm³/mol. The lowest BCUT2D eigenvalue weighted by atomic mass is 10.2. The van der Waals surface area contributed by atoms with Gasteiger partial charge in [0.05, 0.1) is 10.5 Å². The van der Waals surface area contributed by atoms with Gasteiger partial charge in [0.2, 0.25) is 0 Å². The van der Waals surface area contributed by atoms with Crippen LogP contribution in [0, 0.1) is 5.82 Å². The minimum Gasteiger partial charge on any atom is -0.343 e. The molecule has 0 spiro atoms. The van der Waals surface area contributed by atoms with Gasteiger partial charge >= 0.3 is 6.18 Å². The van der Waals surface area contributed by atoms with E-state index in [1.807, 2.05) is 0 Å². The van der Waals surface area contributed by atoms with Crippen LogP contribution in [0.4, 0.5) is 17.6 Å². The highest BCUT2D eigenvalue weighted by molar-refractivity contribution is 8.13. The molecule has 106 valence electrons. The number of carbonyl (C=O) groups is 1. The third kappa shape index (κ3) is 4.67. The topological polar surface area (TPSA) is 63.2 Å². The first-order valence-electron chi connectivity index (χ1n) is 4.60. The zero-order valence-corrected chi connectivity index (χ0v) is 10.5.